The van der Waals surface area contributed by atoms with E-state index in [-0.39, 0.29) is 5.78 Å². The summed E-state index contributed by atoms with van der Waals surface area (Å²) in [4.78, 5) is 12.1. The Morgan fingerprint density at radius 1 is 1.11 bits per heavy atom. The Morgan fingerprint density at radius 3 is 2.47 bits per heavy atom. The van der Waals surface area contributed by atoms with E-state index >= 15 is 0 Å². The maximum absolute atomic E-state index is 12.1. The van der Waals surface area contributed by atoms with Crippen LogP contribution in [0.25, 0.3) is 6.08 Å². The summed E-state index contributed by atoms with van der Waals surface area (Å²) < 4.78 is 0. The molecule has 2 aromatic rings. The van der Waals surface area contributed by atoms with Crippen molar-refractivity contribution in [2.45, 2.75) is 0 Å². The molecule has 96 valence electrons. The summed E-state index contributed by atoms with van der Waals surface area (Å²) in [6.45, 7) is 0. The van der Waals surface area contributed by atoms with Crippen LogP contribution in [0.15, 0.2) is 54.6 Å². The van der Waals surface area contributed by atoms with Crippen molar-refractivity contribution in [3.8, 4) is 0 Å². The van der Waals surface area contributed by atoms with Crippen LogP contribution < -0.4 is 5.32 Å². The van der Waals surface area contributed by atoms with Crippen molar-refractivity contribution in [1.29, 1.82) is 0 Å². The van der Waals surface area contributed by atoms with Gasteiger partial charge in [0.2, 0.25) is 0 Å². The van der Waals surface area contributed by atoms with Crippen LogP contribution in [0.4, 0.5) is 5.69 Å². The highest BCUT2D eigenvalue weighted by Gasteiger charge is 2.06. The van der Waals surface area contributed by atoms with Crippen LogP contribution in [0.3, 0.4) is 0 Å². The second-order valence-corrected chi connectivity index (χ2v) is 4.48. The molecule has 0 heterocycles. The predicted molar refractivity (Wildman–Crippen MR) is 80.8 cm³/mol. The number of ketones is 1. The molecule has 2 nitrogen and oxygen atoms in total. The van der Waals surface area contributed by atoms with Crippen LogP contribution >= 0.6 is 11.6 Å². The molecular weight excluding hydrogens is 258 g/mol. The zero-order valence-electron chi connectivity index (χ0n) is 10.6. The molecule has 0 saturated heterocycles. The molecule has 0 aliphatic heterocycles. The number of hydrogen-bond acceptors (Lipinski definition) is 2. The van der Waals surface area contributed by atoms with Crippen molar-refractivity contribution in [2.75, 3.05) is 12.4 Å². The second kappa shape index (κ2) is 6.21. The highest BCUT2D eigenvalue weighted by atomic mass is 35.5. The van der Waals surface area contributed by atoms with Crippen molar-refractivity contribution in [3.05, 3.63) is 70.8 Å². The average Bonchev–Trinajstić information content (AvgIpc) is 2.46. The lowest BCUT2D eigenvalue weighted by molar-refractivity contribution is 0.104. The lowest BCUT2D eigenvalue weighted by atomic mass is 10.1. The van der Waals surface area contributed by atoms with E-state index in [0.717, 1.165) is 11.3 Å². The fourth-order valence-electron chi connectivity index (χ4n) is 1.75. The summed E-state index contributed by atoms with van der Waals surface area (Å²) in [5.74, 6) is -0.0279. The molecule has 2 aromatic carbocycles. The van der Waals surface area contributed by atoms with Crippen molar-refractivity contribution in [3.63, 3.8) is 0 Å². The van der Waals surface area contributed by atoms with Crippen molar-refractivity contribution in [1.82, 2.24) is 0 Å². The Bertz CT molecular complexity index is 602. The number of rotatable bonds is 4. The minimum Gasteiger partial charge on any atom is -0.388 e. The molecule has 1 N–H and O–H groups in total. The average molecular weight is 272 g/mol. The van der Waals surface area contributed by atoms with E-state index in [1.54, 1.807) is 37.4 Å². The van der Waals surface area contributed by atoms with E-state index in [4.69, 9.17) is 11.6 Å². The lowest BCUT2D eigenvalue weighted by Gasteiger charge is -2.05. The number of hydrogen-bond donors (Lipinski definition) is 1. The van der Waals surface area contributed by atoms with Crippen molar-refractivity contribution in [2.24, 2.45) is 0 Å². The quantitative estimate of drug-likeness (QED) is 0.664. The smallest absolute Gasteiger partial charge is 0.187 e. The number of allylic oxidation sites excluding steroid dienone is 1. The third-order valence-electron chi connectivity index (χ3n) is 2.76. The van der Waals surface area contributed by atoms with Crippen LogP contribution in [-0.4, -0.2) is 12.8 Å². The number of halogens is 1. The molecule has 0 aliphatic carbocycles. The fraction of sp³-hybridized carbons (Fsp3) is 0.0625. The molecule has 0 fully saturated rings. The highest BCUT2D eigenvalue weighted by molar-refractivity contribution is 6.30. The van der Waals surface area contributed by atoms with Crippen LogP contribution in [-0.2, 0) is 0 Å². The van der Waals surface area contributed by atoms with E-state index < -0.39 is 0 Å². The van der Waals surface area contributed by atoms with Gasteiger partial charge in [-0.15, -0.1) is 0 Å². The summed E-state index contributed by atoms with van der Waals surface area (Å²) in [6.07, 6.45) is 3.35. The van der Waals surface area contributed by atoms with Gasteiger partial charge in [0.15, 0.2) is 5.78 Å². The van der Waals surface area contributed by atoms with Gasteiger partial charge in [-0.25, -0.2) is 0 Å². The van der Waals surface area contributed by atoms with Crippen LogP contribution in [0.2, 0.25) is 5.02 Å². The van der Waals surface area contributed by atoms with Gasteiger partial charge in [-0.2, -0.15) is 0 Å². The first-order chi connectivity index (χ1) is 9.20. The van der Waals surface area contributed by atoms with E-state index in [9.17, 15) is 4.79 Å². The summed E-state index contributed by atoms with van der Waals surface area (Å²) in [6, 6.07) is 14.8. The van der Waals surface area contributed by atoms with Gasteiger partial charge in [-0.05, 0) is 35.9 Å². The van der Waals surface area contributed by atoms with Gasteiger partial charge in [0.25, 0.3) is 0 Å². The number of para-hydroxylation sites is 1. The zero-order valence-corrected chi connectivity index (χ0v) is 11.3. The van der Waals surface area contributed by atoms with Crippen LogP contribution in [0.5, 0.6) is 0 Å². The topological polar surface area (TPSA) is 29.1 Å². The van der Waals surface area contributed by atoms with Crippen molar-refractivity contribution < 1.29 is 4.79 Å². The molecule has 0 saturated carbocycles. The Labute approximate surface area is 117 Å². The largest absolute Gasteiger partial charge is 0.388 e. The van der Waals surface area contributed by atoms with E-state index in [1.807, 2.05) is 30.3 Å². The highest BCUT2D eigenvalue weighted by Crippen LogP contribution is 2.16. The molecule has 0 aliphatic rings. The standard InChI is InChI=1S/C16H14ClNO/c1-18-15-5-3-2-4-14(15)16(19)11-8-12-6-9-13(17)10-7-12/h2-11,18H,1H3/b11-8+. The first-order valence-corrected chi connectivity index (χ1v) is 6.33. The maximum Gasteiger partial charge on any atom is 0.187 e. The zero-order chi connectivity index (χ0) is 13.7. The van der Waals surface area contributed by atoms with Gasteiger partial charge in [0.05, 0.1) is 0 Å². The van der Waals surface area contributed by atoms with E-state index in [0.29, 0.717) is 10.6 Å². The number of carbonyl (C=O) groups is 1. The third kappa shape index (κ3) is 3.46. The first-order valence-electron chi connectivity index (χ1n) is 5.95. The summed E-state index contributed by atoms with van der Waals surface area (Å²) >= 11 is 5.81. The van der Waals surface area contributed by atoms with E-state index in [1.165, 1.54) is 0 Å². The van der Waals surface area contributed by atoms with E-state index in [2.05, 4.69) is 5.32 Å². The summed E-state index contributed by atoms with van der Waals surface area (Å²) in [5, 5.41) is 3.69. The van der Waals surface area contributed by atoms with Crippen molar-refractivity contribution >= 4 is 29.1 Å². The Morgan fingerprint density at radius 2 is 1.79 bits per heavy atom. The van der Waals surface area contributed by atoms with Gasteiger partial charge >= 0.3 is 0 Å². The van der Waals surface area contributed by atoms with Gasteiger partial charge < -0.3 is 5.32 Å². The summed E-state index contributed by atoms with van der Waals surface area (Å²) in [7, 11) is 1.80. The second-order valence-electron chi connectivity index (χ2n) is 4.04. The fourth-order valence-corrected chi connectivity index (χ4v) is 1.88. The van der Waals surface area contributed by atoms with Crippen LogP contribution in [0, 0.1) is 0 Å². The Balaban J connectivity index is 2.19. The lowest BCUT2D eigenvalue weighted by Crippen LogP contribution is -2.00. The Hall–Kier alpha value is -2.06. The van der Waals surface area contributed by atoms with Gasteiger partial charge in [0, 0.05) is 23.3 Å². The number of carbonyl (C=O) groups excluding carboxylic acids is 1. The Kier molecular flexibility index (Phi) is 4.37. The molecule has 0 atom stereocenters. The SMILES string of the molecule is CNc1ccccc1C(=O)/C=C/c1ccc(Cl)cc1. The maximum atomic E-state index is 12.1. The monoisotopic (exact) mass is 271 g/mol. The molecule has 0 spiro atoms. The molecule has 0 aromatic heterocycles. The molecule has 0 amide bonds. The van der Waals surface area contributed by atoms with Gasteiger partial charge in [-0.1, -0.05) is 41.9 Å². The van der Waals surface area contributed by atoms with Crippen LogP contribution in [0.1, 0.15) is 15.9 Å². The number of benzene rings is 2. The minimum atomic E-state index is -0.0279. The minimum absolute atomic E-state index is 0.0279. The molecule has 19 heavy (non-hydrogen) atoms. The third-order valence-corrected chi connectivity index (χ3v) is 3.01. The van der Waals surface area contributed by atoms with Gasteiger partial charge in [-0.3, -0.25) is 4.79 Å². The normalized spacial score (nSPS) is 10.6. The molecule has 0 radical (unpaired) electrons. The molecular formula is C16H14ClNO. The molecule has 3 heteroatoms. The first kappa shape index (κ1) is 13.4. The molecule has 0 unspecified atom stereocenters. The molecule has 2 rings (SSSR count). The molecule has 0 bridgehead atoms. The predicted octanol–water partition coefficient (Wildman–Crippen LogP) is 4.28. The summed E-state index contributed by atoms with van der Waals surface area (Å²) in [5.41, 5.74) is 2.43. The van der Waals surface area contributed by atoms with Gasteiger partial charge in [0.1, 0.15) is 0 Å². The number of nitrogens with one attached hydrogen (secondary N) is 1. The number of anilines is 1.